The van der Waals surface area contributed by atoms with Crippen LogP contribution in [-0.4, -0.2) is 28.9 Å². The first kappa shape index (κ1) is 18.3. The summed E-state index contributed by atoms with van der Waals surface area (Å²) in [6, 6.07) is 9.33. The van der Waals surface area contributed by atoms with Crippen LogP contribution in [0.25, 0.3) is 0 Å². The van der Waals surface area contributed by atoms with Crippen molar-refractivity contribution in [2.24, 2.45) is 0 Å². The Morgan fingerprint density at radius 3 is 2.42 bits per heavy atom. The molecule has 0 atom stereocenters. The number of benzene rings is 1. The third-order valence-corrected chi connectivity index (χ3v) is 3.96. The van der Waals surface area contributed by atoms with E-state index in [9.17, 15) is 4.79 Å². The number of hydrogen-bond donors (Lipinski definition) is 1. The molecule has 0 bridgehead atoms. The highest BCUT2D eigenvalue weighted by Gasteiger charge is 2.15. The van der Waals surface area contributed by atoms with Crippen LogP contribution in [0.1, 0.15) is 42.7 Å². The molecule has 24 heavy (non-hydrogen) atoms. The first-order chi connectivity index (χ1) is 11.5. The molecule has 1 heterocycles. The summed E-state index contributed by atoms with van der Waals surface area (Å²) in [5.41, 5.74) is 3.35. The van der Waals surface area contributed by atoms with Gasteiger partial charge in [-0.2, -0.15) is 0 Å². The summed E-state index contributed by atoms with van der Waals surface area (Å²) in [5, 5.41) is 4.01. The Balaban J connectivity index is 2.10. The van der Waals surface area contributed by atoms with Crippen LogP contribution < -0.4 is 5.32 Å². The van der Waals surface area contributed by atoms with Gasteiger partial charge in [0.2, 0.25) is 0 Å². The molecule has 0 aliphatic heterocycles. The van der Waals surface area contributed by atoms with Gasteiger partial charge >= 0.3 is 0 Å². The average molecular weight is 346 g/mol. The van der Waals surface area contributed by atoms with Gasteiger partial charge in [-0.05, 0) is 55.7 Å². The zero-order chi connectivity index (χ0) is 17.5. The number of rotatable bonds is 7. The molecule has 2 rings (SSSR count). The second-order valence-electron chi connectivity index (χ2n) is 5.81. The Hall–Kier alpha value is -2.07. The lowest BCUT2D eigenvalue weighted by Crippen LogP contribution is -2.33. The Morgan fingerprint density at radius 1 is 1.17 bits per heavy atom. The molecule has 0 radical (unpaired) electrons. The summed E-state index contributed by atoms with van der Waals surface area (Å²) in [7, 11) is 0. The van der Waals surface area contributed by atoms with Crippen molar-refractivity contribution >= 4 is 28.9 Å². The van der Waals surface area contributed by atoms with Gasteiger partial charge < -0.3 is 10.2 Å². The second-order valence-corrected chi connectivity index (χ2v) is 6.24. The van der Waals surface area contributed by atoms with Gasteiger partial charge in [0.15, 0.2) is 0 Å². The van der Waals surface area contributed by atoms with Gasteiger partial charge in [-0.15, -0.1) is 0 Å². The first-order valence-corrected chi connectivity index (χ1v) is 8.71. The van der Waals surface area contributed by atoms with Crippen molar-refractivity contribution in [1.82, 2.24) is 9.88 Å². The summed E-state index contributed by atoms with van der Waals surface area (Å²) in [6.07, 6.45) is 3.58. The van der Waals surface area contributed by atoms with Gasteiger partial charge in [0.1, 0.15) is 5.69 Å². The Bertz CT molecular complexity index is 680. The van der Waals surface area contributed by atoms with Crippen molar-refractivity contribution in [2.75, 3.05) is 18.4 Å². The van der Waals surface area contributed by atoms with Crippen molar-refractivity contribution in [2.45, 2.75) is 33.6 Å². The first-order valence-electron chi connectivity index (χ1n) is 8.33. The third kappa shape index (κ3) is 4.71. The fourth-order valence-corrected chi connectivity index (χ4v) is 2.76. The van der Waals surface area contributed by atoms with E-state index in [4.69, 9.17) is 11.6 Å². The van der Waals surface area contributed by atoms with E-state index in [-0.39, 0.29) is 5.91 Å². The maximum absolute atomic E-state index is 12.5. The lowest BCUT2D eigenvalue weighted by atomic mass is 10.2. The molecule has 1 aromatic carbocycles. The van der Waals surface area contributed by atoms with Crippen LogP contribution >= 0.6 is 11.6 Å². The van der Waals surface area contributed by atoms with Crippen LogP contribution in [0.5, 0.6) is 0 Å². The van der Waals surface area contributed by atoms with Gasteiger partial charge in [0.25, 0.3) is 5.91 Å². The summed E-state index contributed by atoms with van der Waals surface area (Å²) >= 11 is 5.97. The normalized spacial score (nSPS) is 10.5. The van der Waals surface area contributed by atoms with Gasteiger partial charge in [-0.25, -0.2) is 4.98 Å². The second kappa shape index (κ2) is 8.69. The van der Waals surface area contributed by atoms with E-state index >= 15 is 0 Å². The van der Waals surface area contributed by atoms with Crippen molar-refractivity contribution in [1.29, 1.82) is 0 Å². The topological polar surface area (TPSA) is 45.2 Å². The molecule has 0 aliphatic carbocycles. The number of hydrogen-bond acceptors (Lipinski definition) is 3. The summed E-state index contributed by atoms with van der Waals surface area (Å²) < 4.78 is 0. The quantitative estimate of drug-likeness (QED) is 0.763. The number of carbonyl (C=O) groups is 1. The lowest BCUT2D eigenvalue weighted by molar-refractivity contribution is 0.0749. The molecule has 1 aromatic heterocycles. The maximum atomic E-state index is 12.5. The number of aromatic nitrogens is 1. The number of aryl methyl sites for hydroxylation is 1. The van der Waals surface area contributed by atoms with E-state index in [1.54, 1.807) is 12.3 Å². The molecule has 2 aromatic rings. The molecule has 1 N–H and O–H groups in total. The highest BCUT2D eigenvalue weighted by molar-refractivity contribution is 6.30. The molecule has 1 amide bonds. The number of halogens is 1. The predicted octanol–water partition coefficient (Wildman–Crippen LogP) is 5.05. The van der Waals surface area contributed by atoms with Crippen molar-refractivity contribution in [3.63, 3.8) is 0 Å². The number of anilines is 2. The van der Waals surface area contributed by atoms with E-state index < -0.39 is 0 Å². The van der Waals surface area contributed by atoms with Crippen LogP contribution in [0, 0.1) is 6.92 Å². The van der Waals surface area contributed by atoms with E-state index in [2.05, 4.69) is 24.1 Å². The monoisotopic (exact) mass is 345 g/mol. The van der Waals surface area contributed by atoms with Crippen LogP contribution in [0.3, 0.4) is 0 Å². The molecule has 128 valence electrons. The standard InChI is InChI=1S/C19H24ClN3O/c1-4-10-23(11-5-2)19(24)18-9-7-16(13-21-18)22-17-8-6-15(20)12-14(17)3/h6-9,12-13,22H,4-5,10-11H2,1-3H3. The molecule has 0 saturated heterocycles. The highest BCUT2D eigenvalue weighted by Crippen LogP contribution is 2.23. The van der Waals surface area contributed by atoms with Gasteiger partial charge in [-0.3, -0.25) is 4.79 Å². The fraction of sp³-hybridized carbons (Fsp3) is 0.368. The molecule has 0 saturated carbocycles. The molecule has 0 unspecified atom stereocenters. The largest absolute Gasteiger partial charge is 0.354 e. The Kier molecular flexibility index (Phi) is 6.62. The SMILES string of the molecule is CCCN(CCC)C(=O)c1ccc(Nc2ccc(Cl)cc2C)cn1. The van der Waals surface area contributed by atoms with Gasteiger partial charge in [0.05, 0.1) is 11.9 Å². The molecule has 4 nitrogen and oxygen atoms in total. The molecular formula is C19H24ClN3O. The van der Waals surface area contributed by atoms with Crippen molar-refractivity contribution < 1.29 is 4.79 Å². The van der Waals surface area contributed by atoms with Crippen LogP contribution in [-0.2, 0) is 0 Å². The van der Waals surface area contributed by atoms with E-state index in [0.29, 0.717) is 10.7 Å². The number of nitrogens with zero attached hydrogens (tertiary/aromatic N) is 2. The Morgan fingerprint density at radius 2 is 1.88 bits per heavy atom. The third-order valence-electron chi connectivity index (χ3n) is 3.72. The molecule has 0 aliphatic rings. The highest BCUT2D eigenvalue weighted by atomic mass is 35.5. The van der Waals surface area contributed by atoms with E-state index in [1.165, 1.54) is 0 Å². The fourth-order valence-electron chi connectivity index (χ4n) is 2.53. The smallest absolute Gasteiger partial charge is 0.272 e. The van der Waals surface area contributed by atoms with Crippen molar-refractivity contribution in [3.8, 4) is 0 Å². The van der Waals surface area contributed by atoms with Crippen molar-refractivity contribution in [3.05, 3.63) is 52.8 Å². The minimum atomic E-state index is -0.00655. The predicted molar refractivity (Wildman–Crippen MR) is 100 cm³/mol. The molecule has 0 fully saturated rings. The number of nitrogens with one attached hydrogen (secondary N) is 1. The van der Waals surface area contributed by atoms with Gasteiger partial charge in [-0.1, -0.05) is 25.4 Å². The summed E-state index contributed by atoms with van der Waals surface area (Å²) in [4.78, 5) is 18.7. The Labute approximate surface area is 148 Å². The van der Waals surface area contributed by atoms with Crippen LogP contribution in [0.4, 0.5) is 11.4 Å². The molecule has 0 spiro atoms. The summed E-state index contributed by atoms with van der Waals surface area (Å²) in [6.45, 7) is 7.67. The van der Waals surface area contributed by atoms with E-state index in [0.717, 1.165) is 42.9 Å². The van der Waals surface area contributed by atoms with Crippen LogP contribution in [0.2, 0.25) is 5.02 Å². The number of carbonyl (C=O) groups excluding carboxylic acids is 1. The number of pyridine rings is 1. The average Bonchev–Trinajstić information content (AvgIpc) is 2.57. The summed E-state index contributed by atoms with van der Waals surface area (Å²) in [5.74, 6) is -0.00655. The van der Waals surface area contributed by atoms with Gasteiger partial charge in [0, 0.05) is 23.8 Å². The van der Waals surface area contributed by atoms with Crippen LogP contribution in [0.15, 0.2) is 36.5 Å². The van der Waals surface area contributed by atoms with E-state index in [1.807, 2.05) is 36.1 Å². The zero-order valence-electron chi connectivity index (χ0n) is 14.5. The molecular weight excluding hydrogens is 322 g/mol. The lowest BCUT2D eigenvalue weighted by Gasteiger charge is -2.21. The number of amides is 1. The minimum Gasteiger partial charge on any atom is -0.354 e. The minimum absolute atomic E-state index is 0.00655. The maximum Gasteiger partial charge on any atom is 0.272 e. The zero-order valence-corrected chi connectivity index (χ0v) is 15.2. The molecule has 5 heteroatoms.